The molecule has 86 heavy (non-hydrogen) atoms. The van der Waals surface area contributed by atoms with Crippen LogP contribution in [0.5, 0.6) is 0 Å². The second-order valence-corrected chi connectivity index (χ2v) is 18.6. The number of aromatic amines is 2. The van der Waals surface area contributed by atoms with Gasteiger partial charge in [0.2, 0.25) is 23.0 Å². The summed E-state index contributed by atoms with van der Waals surface area (Å²) in [6.45, 7) is 16.1. The first-order valence-corrected chi connectivity index (χ1v) is 26.2. The maximum absolute atomic E-state index is 11.8. The quantitative estimate of drug-likeness (QED) is 0.0247. The SMILES string of the molecule is CC#N.CC(=O)Cl.CC(=O)n1cc(N)c2ccccc21.CC(=O)n1cc(NC(=O)OC(C)(C)C)c2ccccc21.CC(=O)n1cc([N+](=O)[O-])c2ccccc21.CCO.C[B]OOCB=O.O=[N+]([O-])c1c[nH]c2ccccc12.c1ccc2[nH]ccc2c1. The van der Waals surface area contributed by atoms with Crippen LogP contribution in [0.25, 0.3) is 54.5 Å². The van der Waals surface area contributed by atoms with Gasteiger partial charge in [-0.2, -0.15) is 5.26 Å². The van der Waals surface area contributed by atoms with E-state index in [1.165, 1.54) is 74.5 Å². The largest absolute Gasteiger partial charge is 0.361 e. The van der Waals surface area contributed by atoms with Crippen molar-refractivity contribution >= 4 is 133 Å². The van der Waals surface area contributed by atoms with Gasteiger partial charge in [-0.15, -0.1) is 0 Å². The fourth-order valence-electron chi connectivity index (χ4n) is 7.32. The minimum Gasteiger partial charge on any atom is -0.361 e. The number of benzene rings is 5. The Bertz CT molecular complexity index is 3810. The number of aliphatic hydroxyl groups excluding tert-OH is 1. The number of nitrogens with two attached hydrogens (primary N) is 1. The third kappa shape index (κ3) is 23.7. The number of para-hydroxylation sites is 5. The van der Waals surface area contributed by atoms with Crippen molar-refractivity contribution < 1.29 is 58.1 Å². The molecule has 0 aliphatic carbocycles. The fraction of sp³-hybridized carbons (Fsp3) is 0.220. The number of nitrogens with zero attached hydrogens (tertiary/aromatic N) is 6. The third-order valence-corrected chi connectivity index (χ3v) is 10.5. The van der Waals surface area contributed by atoms with Crippen LogP contribution in [0.4, 0.5) is 27.5 Å². The van der Waals surface area contributed by atoms with Gasteiger partial charge < -0.3 is 25.5 Å². The van der Waals surface area contributed by atoms with E-state index in [1.807, 2.05) is 79.0 Å². The number of aliphatic hydroxyl groups is 1. The molecule has 27 heteroatoms. The number of aromatic nitrogens is 5. The monoisotopic (exact) mass is 1200 g/mol. The Morgan fingerprint density at radius 1 is 0.698 bits per heavy atom. The van der Waals surface area contributed by atoms with Crippen molar-refractivity contribution in [3.8, 4) is 6.07 Å². The zero-order valence-corrected chi connectivity index (χ0v) is 49.7. The smallest absolute Gasteiger partial charge is 0.294 e. The average Bonchev–Trinajstić information content (AvgIpc) is 2.31. The number of carbonyl (C=O) groups is 5. The Balaban J connectivity index is 0.000000348. The number of halogens is 1. The second kappa shape index (κ2) is 37.2. The molecule has 1 radical (unpaired) electrons. The maximum Gasteiger partial charge on any atom is 0.294 e. The number of ether oxygens (including phenoxy) is 1. The predicted octanol–water partition coefficient (Wildman–Crippen LogP) is 12.9. The Kier molecular flexibility index (Phi) is 31.2. The summed E-state index contributed by atoms with van der Waals surface area (Å²) in [6, 6.07) is 40.9. The Morgan fingerprint density at radius 3 is 1.62 bits per heavy atom. The molecule has 10 aromatic rings. The van der Waals surface area contributed by atoms with Crippen LogP contribution >= 0.6 is 11.6 Å². The van der Waals surface area contributed by atoms with E-state index in [1.54, 1.807) is 93.9 Å². The first-order chi connectivity index (χ1) is 40.8. The molecular weight excluding hydrogens is 1130 g/mol. The van der Waals surface area contributed by atoms with Crippen LogP contribution < -0.4 is 11.1 Å². The molecule has 24 nitrogen and oxygen atoms in total. The van der Waals surface area contributed by atoms with Gasteiger partial charge >= 0.3 is 48.5 Å². The van der Waals surface area contributed by atoms with Gasteiger partial charge in [-0.3, -0.25) is 58.4 Å². The molecule has 0 fully saturated rings. The van der Waals surface area contributed by atoms with Gasteiger partial charge in [0, 0.05) is 76.1 Å². The first-order valence-electron chi connectivity index (χ1n) is 25.9. The predicted molar refractivity (Wildman–Crippen MR) is 335 cm³/mol. The molecule has 0 spiro atoms. The van der Waals surface area contributed by atoms with Crippen molar-refractivity contribution in [2.24, 2.45) is 0 Å². The summed E-state index contributed by atoms with van der Waals surface area (Å²) in [5.74, 6) is -0.370. The van der Waals surface area contributed by atoms with Crippen LogP contribution in [0, 0.1) is 31.6 Å². The van der Waals surface area contributed by atoms with Crippen molar-refractivity contribution in [1.82, 2.24) is 23.7 Å². The normalized spacial score (nSPS) is 9.80. The molecule has 0 unspecified atom stereocenters. The van der Waals surface area contributed by atoms with Crippen LogP contribution in [-0.4, -0.2) is 101 Å². The van der Waals surface area contributed by atoms with Crippen LogP contribution in [0.15, 0.2) is 158 Å². The van der Waals surface area contributed by atoms with Gasteiger partial charge in [-0.25, -0.2) is 4.79 Å². The Labute approximate surface area is 501 Å². The zero-order chi connectivity index (χ0) is 64.5. The number of hydrogen-bond acceptors (Lipinski definition) is 16. The third-order valence-electron chi connectivity index (χ3n) is 10.5. The van der Waals surface area contributed by atoms with Crippen LogP contribution in [0.3, 0.4) is 0 Å². The van der Waals surface area contributed by atoms with Crippen molar-refractivity contribution in [2.75, 3.05) is 24.2 Å². The first kappa shape index (κ1) is 72.0. The molecule has 0 atom stereocenters. The molecule has 0 saturated heterocycles. The molecule has 449 valence electrons. The van der Waals surface area contributed by atoms with Crippen molar-refractivity contribution in [3.05, 3.63) is 179 Å². The van der Waals surface area contributed by atoms with E-state index < -0.39 is 21.5 Å². The fourth-order valence-corrected chi connectivity index (χ4v) is 7.32. The molecule has 1 amide bonds. The van der Waals surface area contributed by atoms with E-state index in [2.05, 4.69) is 54.8 Å². The number of anilines is 2. The van der Waals surface area contributed by atoms with Gasteiger partial charge in [0.15, 0.2) is 0 Å². The number of H-pyrrole nitrogens is 2. The number of hydrogen-bond donors (Lipinski definition) is 5. The summed E-state index contributed by atoms with van der Waals surface area (Å²) < 4.78 is 19.0. The molecular formula is C59H66B2ClN10O14. The van der Waals surface area contributed by atoms with E-state index >= 15 is 0 Å². The molecule has 5 heterocycles. The molecule has 0 aliphatic heterocycles. The summed E-state index contributed by atoms with van der Waals surface area (Å²) in [5.41, 5.74) is 10.7. The number of nitriles is 1. The number of carbonyl (C=O) groups excluding carboxylic acids is 5. The summed E-state index contributed by atoms with van der Waals surface area (Å²) >= 11 is 4.64. The zero-order valence-electron chi connectivity index (χ0n) is 49.0. The number of amides is 1. The number of nitrogen functional groups attached to an aromatic ring is 1. The van der Waals surface area contributed by atoms with E-state index in [9.17, 15) is 48.9 Å². The van der Waals surface area contributed by atoms with Gasteiger partial charge in [0.1, 0.15) is 5.60 Å². The molecule has 0 saturated carbocycles. The molecule has 5 aromatic carbocycles. The average molecular weight is 1200 g/mol. The van der Waals surface area contributed by atoms with Crippen LogP contribution in [0.2, 0.25) is 6.82 Å². The van der Waals surface area contributed by atoms with E-state index in [-0.39, 0.29) is 47.5 Å². The summed E-state index contributed by atoms with van der Waals surface area (Å²) in [4.78, 5) is 89.7. The van der Waals surface area contributed by atoms with E-state index in [0.29, 0.717) is 34.8 Å². The number of rotatable bonds is 7. The minimum atomic E-state index is -0.566. The standard InChI is InChI=1S/C15H18N2O3.C10H8N2O3.C10H10N2O.C8H6N2O2.C8H7N.C2H5B2O3.C2H3ClO.C2H3N.C2H6O/c1-10(18)17-9-12(11-7-5-6-8-13(11)17)16-14(19)20-15(2,3)4;1-7(13)11-6-10(12(14)15)8-4-2-3-5-9(8)11;1-7(13)12-6-9(11)8-4-2-3-5-10(8)12;11-10(12)8-5-9-7-4-2-1-3-6(7)8;1-2-4-8-7(3-1)5-6-9-8;1-3-7-6-2-4-5;1-2(3)4;2*1-2-3/h5-9H,1-4H3,(H,16,19);2-6H,1H3;2-6H,11H2,1H3;1-5,9H;1-6,9H;2H2,1H3;1H3;1H3;3H,2H2,1H3. The van der Waals surface area contributed by atoms with Crippen LogP contribution in [-0.2, 0) is 23.9 Å². The molecule has 6 N–H and O–H groups in total. The topological polar surface area (TPSA) is 345 Å². The van der Waals surface area contributed by atoms with Crippen molar-refractivity contribution in [1.29, 1.82) is 5.26 Å². The molecule has 0 aliphatic rings. The van der Waals surface area contributed by atoms with Crippen LogP contribution in [0.1, 0.15) is 76.7 Å². The molecule has 5 aromatic heterocycles. The van der Waals surface area contributed by atoms with Crippen molar-refractivity contribution in [2.45, 2.75) is 74.7 Å². The van der Waals surface area contributed by atoms with E-state index in [0.717, 1.165) is 27.3 Å². The summed E-state index contributed by atoms with van der Waals surface area (Å²) in [6.07, 6.45) is 7.34. The van der Waals surface area contributed by atoms with E-state index in [4.69, 9.17) is 20.8 Å². The van der Waals surface area contributed by atoms with Gasteiger partial charge in [0.05, 0.1) is 72.5 Å². The maximum atomic E-state index is 11.8. The Hall–Kier alpha value is -10.1. The van der Waals surface area contributed by atoms with Gasteiger partial charge in [0.25, 0.3) is 11.4 Å². The van der Waals surface area contributed by atoms with Gasteiger partial charge in [-0.05, 0) is 93.2 Å². The number of nitrogens with one attached hydrogen (secondary N) is 3. The molecule has 10 rings (SSSR count). The van der Waals surface area contributed by atoms with Crippen molar-refractivity contribution in [3.63, 3.8) is 0 Å². The minimum absolute atomic E-state index is 0.00958. The Morgan fingerprint density at radius 2 is 1.13 bits per heavy atom. The summed E-state index contributed by atoms with van der Waals surface area (Å²) in [5, 5.41) is 42.5. The summed E-state index contributed by atoms with van der Waals surface area (Å²) in [7, 11) is 1.97. The number of fused-ring (bicyclic) bond motifs is 5. The second-order valence-electron chi connectivity index (χ2n) is 18.1. The van der Waals surface area contributed by atoms with Gasteiger partial charge in [-0.1, -0.05) is 78.9 Å². The molecule has 0 bridgehead atoms. The number of nitro groups is 2.